The van der Waals surface area contributed by atoms with Gasteiger partial charge in [0.25, 0.3) is 5.91 Å². The first-order chi connectivity index (χ1) is 13.1. The third-order valence-corrected chi connectivity index (χ3v) is 5.71. The number of hydrogen-bond donors (Lipinski definition) is 1. The van der Waals surface area contributed by atoms with Crippen LogP contribution in [0.25, 0.3) is 0 Å². The van der Waals surface area contributed by atoms with Crippen molar-refractivity contribution in [3.05, 3.63) is 59.2 Å². The molecule has 1 unspecified atom stereocenters. The molecule has 144 valence electrons. The lowest BCUT2D eigenvalue weighted by Crippen LogP contribution is -2.26. The van der Waals surface area contributed by atoms with Crippen molar-refractivity contribution in [3.63, 3.8) is 0 Å². The van der Waals surface area contributed by atoms with Gasteiger partial charge in [-0.15, -0.1) is 11.8 Å². The van der Waals surface area contributed by atoms with E-state index in [2.05, 4.69) is 37.4 Å². The number of thioether (sulfide) groups is 1. The third kappa shape index (κ3) is 5.75. The second-order valence-corrected chi connectivity index (χ2v) is 7.96. The van der Waals surface area contributed by atoms with E-state index in [0.717, 1.165) is 25.2 Å². The van der Waals surface area contributed by atoms with Crippen LogP contribution in [0.2, 0.25) is 0 Å². The standard InChI is InChI=1S/C22H27NO3S/c1-16-9-10-19(14-17(16)2)27-13-11-23-22(24)20-7-3-4-8-21(20)26-15-18-6-5-12-25-18/h3-4,7-10,14,18H,5-6,11-13,15H2,1-2H3,(H,23,24). The number of carbonyl (C=O) groups excluding carboxylic acids is 1. The molecule has 1 saturated heterocycles. The van der Waals surface area contributed by atoms with Gasteiger partial charge in [-0.05, 0) is 62.1 Å². The van der Waals surface area contributed by atoms with Gasteiger partial charge >= 0.3 is 0 Å². The van der Waals surface area contributed by atoms with E-state index in [1.165, 1.54) is 16.0 Å². The summed E-state index contributed by atoms with van der Waals surface area (Å²) in [6, 6.07) is 13.8. The second kappa shape index (κ2) is 9.81. The van der Waals surface area contributed by atoms with E-state index in [9.17, 15) is 4.79 Å². The van der Waals surface area contributed by atoms with E-state index in [-0.39, 0.29) is 12.0 Å². The van der Waals surface area contributed by atoms with Crippen LogP contribution >= 0.6 is 11.8 Å². The molecule has 1 amide bonds. The predicted octanol–water partition coefficient (Wildman–Crippen LogP) is 4.38. The summed E-state index contributed by atoms with van der Waals surface area (Å²) in [5.74, 6) is 1.35. The highest BCUT2D eigenvalue weighted by Crippen LogP contribution is 2.22. The Bertz CT molecular complexity index is 772. The molecule has 1 aliphatic heterocycles. The summed E-state index contributed by atoms with van der Waals surface area (Å²) in [6.07, 6.45) is 2.23. The van der Waals surface area contributed by atoms with Crippen LogP contribution in [0.4, 0.5) is 0 Å². The maximum Gasteiger partial charge on any atom is 0.255 e. The van der Waals surface area contributed by atoms with E-state index in [1.807, 2.05) is 18.2 Å². The number of rotatable bonds is 8. The molecular weight excluding hydrogens is 358 g/mol. The van der Waals surface area contributed by atoms with Gasteiger partial charge in [-0.2, -0.15) is 0 Å². The molecular formula is C22H27NO3S. The fourth-order valence-electron chi connectivity index (χ4n) is 2.97. The van der Waals surface area contributed by atoms with Gasteiger partial charge in [0, 0.05) is 23.8 Å². The average molecular weight is 386 g/mol. The molecule has 0 aliphatic carbocycles. The van der Waals surface area contributed by atoms with Gasteiger partial charge in [0.15, 0.2) is 0 Å². The average Bonchev–Trinajstić information content (AvgIpc) is 3.20. The van der Waals surface area contributed by atoms with Crippen LogP contribution in [0.3, 0.4) is 0 Å². The van der Waals surface area contributed by atoms with Crippen LogP contribution in [0.5, 0.6) is 5.75 Å². The molecule has 1 fully saturated rings. The first-order valence-corrected chi connectivity index (χ1v) is 10.4. The predicted molar refractivity (Wildman–Crippen MR) is 110 cm³/mol. The Kier molecular flexibility index (Phi) is 7.18. The number of amides is 1. The topological polar surface area (TPSA) is 47.6 Å². The molecule has 3 rings (SSSR count). The molecule has 5 heteroatoms. The number of hydrogen-bond acceptors (Lipinski definition) is 4. The Morgan fingerprint density at radius 1 is 1.22 bits per heavy atom. The second-order valence-electron chi connectivity index (χ2n) is 6.79. The molecule has 4 nitrogen and oxygen atoms in total. The molecule has 1 aliphatic rings. The Morgan fingerprint density at radius 3 is 2.85 bits per heavy atom. The zero-order valence-corrected chi connectivity index (χ0v) is 16.8. The van der Waals surface area contributed by atoms with Crippen LogP contribution in [0.1, 0.15) is 34.3 Å². The number of ether oxygens (including phenoxy) is 2. The van der Waals surface area contributed by atoms with Gasteiger partial charge in [-0.1, -0.05) is 18.2 Å². The third-order valence-electron chi connectivity index (χ3n) is 4.72. The number of benzene rings is 2. The minimum Gasteiger partial charge on any atom is -0.490 e. The molecule has 0 spiro atoms. The van der Waals surface area contributed by atoms with Gasteiger partial charge in [0.1, 0.15) is 12.4 Å². The van der Waals surface area contributed by atoms with Crippen molar-refractivity contribution in [3.8, 4) is 5.75 Å². The van der Waals surface area contributed by atoms with Crippen molar-refractivity contribution >= 4 is 17.7 Å². The van der Waals surface area contributed by atoms with Crippen molar-refractivity contribution in [2.75, 3.05) is 25.5 Å². The Balaban J connectivity index is 1.48. The summed E-state index contributed by atoms with van der Waals surface area (Å²) in [6.45, 7) is 6.13. The van der Waals surface area contributed by atoms with E-state index >= 15 is 0 Å². The number of para-hydroxylation sites is 1. The maximum absolute atomic E-state index is 12.5. The highest BCUT2D eigenvalue weighted by molar-refractivity contribution is 7.99. The van der Waals surface area contributed by atoms with Gasteiger partial charge in [0.2, 0.25) is 0 Å². The number of aryl methyl sites for hydroxylation is 2. The van der Waals surface area contributed by atoms with Crippen LogP contribution in [-0.2, 0) is 4.74 Å². The zero-order valence-electron chi connectivity index (χ0n) is 16.0. The molecule has 2 aromatic rings. The summed E-state index contributed by atoms with van der Waals surface area (Å²) in [5.41, 5.74) is 3.17. The summed E-state index contributed by atoms with van der Waals surface area (Å²) < 4.78 is 11.4. The van der Waals surface area contributed by atoms with Gasteiger partial charge < -0.3 is 14.8 Å². The maximum atomic E-state index is 12.5. The Hall–Kier alpha value is -1.98. The minimum atomic E-state index is -0.0985. The lowest BCUT2D eigenvalue weighted by Gasteiger charge is -2.14. The highest BCUT2D eigenvalue weighted by Gasteiger charge is 2.18. The summed E-state index contributed by atoms with van der Waals surface area (Å²) >= 11 is 1.75. The van der Waals surface area contributed by atoms with Gasteiger partial charge in [-0.25, -0.2) is 0 Å². The summed E-state index contributed by atoms with van der Waals surface area (Å²) in [7, 11) is 0. The molecule has 0 radical (unpaired) electrons. The molecule has 0 aromatic heterocycles. The lowest BCUT2D eigenvalue weighted by molar-refractivity contribution is 0.0671. The smallest absolute Gasteiger partial charge is 0.255 e. The molecule has 1 heterocycles. The largest absolute Gasteiger partial charge is 0.490 e. The lowest BCUT2D eigenvalue weighted by atomic mass is 10.1. The minimum absolute atomic E-state index is 0.0985. The van der Waals surface area contributed by atoms with Crippen LogP contribution in [-0.4, -0.2) is 37.5 Å². The first-order valence-electron chi connectivity index (χ1n) is 9.45. The van der Waals surface area contributed by atoms with Crippen molar-refractivity contribution in [1.82, 2.24) is 5.32 Å². The van der Waals surface area contributed by atoms with Crippen LogP contribution < -0.4 is 10.1 Å². The summed E-state index contributed by atoms with van der Waals surface area (Å²) in [5, 5.41) is 2.99. The molecule has 2 aromatic carbocycles. The Labute approximate surface area is 165 Å². The normalized spacial score (nSPS) is 16.3. The van der Waals surface area contributed by atoms with Gasteiger partial charge in [-0.3, -0.25) is 4.79 Å². The summed E-state index contributed by atoms with van der Waals surface area (Å²) in [4.78, 5) is 13.8. The molecule has 1 N–H and O–H groups in total. The zero-order chi connectivity index (χ0) is 19.1. The fraction of sp³-hybridized carbons (Fsp3) is 0.409. The quantitative estimate of drug-likeness (QED) is 0.541. The SMILES string of the molecule is Cc1ccc(SCCNC(=O)c2ccccc2OCC2CCCO2)cc1C. The molecule has 0 saturated carbocycles. The molecule has 0 bridgehead atoms. The van der Waals surface area contributed by atoms with E-state index in [1.54, 1.807) is 17.8 Å². The molecule has 1 atom stereocenters. The van der Waals surface area contributed by atoms with E-state index in [4.69, 9.17) is 9.47 Å². The van der Waals surface area contributed by atoms with E-state index < -0.39 is 0 Å². The van der Waals surface area contributed by atoms with Gasteiger partial charge in [0.05, 0.1) is 11.7 Å². The van der Waals surface area contributed by atoms with Crippen molar-refractivity contribution in [1.29, 1.82) is 0 Å². The Morgan fingerprint density at radius 2 is 2.07 bits per heavy atom. The number of nitrogens with one attached hydrogen (secondary N) is 1. The van der Waals surface area contributed by atoms with Crippen LogP contribution in [0.15, 0.2) is 47.4 Å². The molecule has 27 heavy (non-hydrogen) atoms. The van der Waals surface area contributed by atoms with Crippen molar-refractivity contribution < 1.29 is 14.3 Å². The highest BCUT2D eigenvalue weighted by atomic mass is 32.2. The number of carbonyl (C=O) groups is 1. The van der Waals surface area contributed by atoms with Crippen molar-refractivity contribution in [2.24, 2.45) is 0 Å². The first kappa shape index (κ1) is 19.8. The van der Waals surface area contributed by atoms with Crippen LogP contribution in [0, 0.1) is 13.8 Å². The fourth-order valence-corrected chi connectivity index (χ4v) is 3.84. The monoisotopic (exact) mass is 385 g/mol. The van der Waals surface area contributed by atoms with E-state index in [0.29, 0.717) is 24.5 Å². The van der Waals surface area contributed by atoms with Crippen molar-refractivity contribution in [2.45, 2.75) is 37.7 Å².